The SMILES string of the molecule is CC1(C)O[C@@H]2[C@H](O1)[C@@H](COS(=O)(=O)NC(=O)c1c(O)cccc1F)O[C@H]2n1cnc2c(N)ncnc21.CCN(CC)CC. The molecular formula is C26H36FN7O8S. The fourth-order valence-electron chi connectivity index (χ4n) is 4.83. The van der Waals surface area contributed by atoms with E-state index < -0.39 is 70.3 Å². The lowest BCUT2D eigenvalue weighted by atomic mass is 10.1. The molecule has 3 aromatic rings. The zero-order chi connectivity index (χ0) is 31.5. The molecule has 0 radical (unpaired) electrons. The molecule has 0 unspecified atom stereocenters. The van der Waals surface area contributed by atoms with Crippen molar-refractivity contribution in [1.82, 2.24) is 29.1 Å². The van der Waals surface area contributed by atoms with Crippen LogP contribution in [-0.2, 0) is 28.7 Å². The van der Waals surface area contributed by atoms with Crippen molar-refractivity contribution in [2.45, 2.75) is 64.9 Å². The number of aromatic nitrogens is 4. The third-order valence-corrected chi connectivity index (χ3v) is 7.83. The van der Waals surface area contributed by atoms with Gasteiger partial charge in [-0.2, -0.15) is 8.42 Å². The van der Waals surface area contributed by atoms with Crippen LogP contribution in [0.4, 0.5) is 10.2 Å². The Morgan fingerprint density at radius 3 is 2.47 bits per heavy atom. The van der Waals surface area contributed by atoms with E-state index in [4.69, 9.17) is 24.1 Å². The summed E-state index contributed by atoms with van der Waals surface area (Å²) in [5, 5.41) is 9.71. The molecule has 0 spiro atoms. The fourth-order valence-corrected chi connectivity index (χ4v) is 5.53. The number of carbonyl (C=O) groups excluding carboxylic acids is 1. The van der Waals surface area contributed by atoms with Crippen LogP contribution in [0.15, 0.2) is 30.9 Å². The summed E-state index contributed by atoms with van der Waals surface area (Å²) >= 11 is 0. The second-order valence-corrected chi connectivity index (χ2v) is 11.5. The summed E-state index contributed by atoms with van der Waals surface area (Å²) in [4.78, 5) is 26.9. The molecule has 236 valence electrons. The average Bonchev–Trinajstić information content (AvgIpc) is 3.60. The molecule has 4 atom stereocenters. The van der Waals surface area contributed by atoms with Crippen molar-refractivity contribution in [3.63, 3.8) is 0 Å². The van der Waals surface area contributed by atoms with Gasteiger partial charge in [-0.25, -0.2) is 24.1 Å². The lowest BCUT2D eigenvalue weighted by Crippen LogP contribution is -2.38. The summed E-state index contributed by atoms with van der Waals surface area (Å²) in [6.45, 7) is 12.9. The van der Waals surface area contributed by atoms with E-state index in [9.17, 15) is 22.7 Å². The molecule has 5 rings (SSSR count). The standard InChI is InChI=1S/C20H21FN6O8S.C6H15N/c1-20(2)34-14-11(6-32-36(30,31)26-18(29)12-9(21)4-3-5-10(12)28)33-19(15(14)35-20)27-8-25-13-16(22)23-7-24-17(13)27;1-4-7(5-2)6-3/h3-5,7-8,11,14-15,19,28H,6H2,1-2H3,(H,26,29)(H2,22,23,24);4-6H2,1-3H3/t11-,14-,15-,19-;/m1./s1. The topological polar surface area (TPSA) is 193 Å². The maximum atomic E-state index is 13.9. The number of phenolic OH excluding ortho intramolecular Hbond substituents is 1. The van der Waals surface area contributed by atoms with Crippen LogP contribution in [0.25, 0.3) is 11.2 Å². The zero-order valence-corrected chi connectivity index (χ0v) is 25.2. The van der Waals surface area contributed by atoms with Crippen LogP contribution in [0.2, 0.25) is 0 Å². The Hall–Kier alpha value is -3.48. The summed E-state index contributed by atoms with van der Waals surface area (Å²) in [5.41, 5.74) is 5.73. The van der Waals surface area contributed by atoms with Crippen LogP contribution in [-0.4, -0.2) is 94.2 Å². The predicted molar refractivity (Wildman–Crippen MR) is 151 cm³/mol. The summed E-state index contributed by atoms with van der Waals surface area (Å²) in [7, 11) is -4.73. The number of amides is 1. The number of nitrogens with one attached hydrogen (secondary N) is 1. The van der Waals surface area contributed by atoms with Gasteiger partial charge in [-0.3, -0.25) is 13.5 Å². The van der Waals surface area contributed by atoms with Gasteiger partial charge < -0.3 is 30.0 Å². The molecule has 2 aliphatic rings. The molecule has 0 aliphatic carbocycles. The molecule has 2 saturated heterocycles. The van der Waals surface area contributed by atoms with Crippen molar-refractivity contribution in [2.75, 3.05) is 32.0 Å². The van der Waals surface area contributed by atoms with Crippen LogP contribution in [0.5, 0.6) is 5.75 Å². The molecule has 1 amide bonds. The molecule has 0 bridgehead atoms. The Kier molecular flexibility index (Phi) is 9.83. The van der Waals surface area contributed by atoms with E-state index >= 15 is 0 Å². The number of carbonyl (C=O) groups is 1. The minimum atomic E-state index is -4.73. The first-order valence-electron chi connectivity index (χ1n) is 13.7. The highest BCUT2D eigenvalue weighted by molar-refractivity contribution is 7.85. The van der Waals surface area contributed by atoms with Crippen molar-refractivity contribution in [3.8, 4) is 5.75 Å². The Balaban J connectivity index is 0.000000541. The Labute approximate surface area is 248 Å². The van der Waals surface area contributed by atoms with Gasteiger partial charge in [0.15, 0.2) is 23.5 Å². The van der Waals surface area contributed by atoms with Crippen molar-refractivity contribution < 1.29 is 41.1 Å². The number of aromatic hydroxyl groups is 1. The van der Waals surface area contributed by atoms with E-state index in [0.717, 1.165) is 18.2 Å². The van der Waals surface area contributed by atoms with E-state index in [0.29, 0.717) is 11.2 Å². The van der Waals surface area contributed by atoms with Crippen molar-refractivity contribution in [2.24, 2.45) is 0 Å². The molecule has 15 nitrogen and oxygen atoms in total. The lowest BCUT2D eigenvalue weighted by molar-refractivity contribution is -0.198. The smallest absolute Gasteiger partial charge is 0.362 e. The van der Waals surface area contributed by atoms with E-state index in [2.05, 4.69) is 40.6 Å². The van der Waals surface area contributed by atoms with Gasteiger partial charge in [0.2, 0.25) is 0 Å². The molecule has 43 heavy (non-hydrogen) atoms. The van der Waals surface area contributed by atoms with Crippen LogP contribution in [0.3, 0.4) is 0 Å². The molecule has 17 heteroatoms. The highest BCUT2D eigenvalue weighted by Crippen LogP contribution is 2.44. The average molecular weight is 626 g/mol. The minimum absolute atomic E-state index is 0.167. The van der Waals surface area contributed by atoms with Gasteiger partial charge in [-0.1, -0.05) is 26.8 Å². The third kappa shape index (κ3) is 7.19. The quantitative estimate of drug-likeness (QED) is 0.311. The maximum absolute atomic E-state index is 13.9. The second-order valence-electron chi connectivity index (χ2n) is 10.1. The van der Waals surface area contributed by atoms with E-state index in [1.54, 1.807) is 23.1 Å². The number of nitrogens with two attached hydrogens (primary N) is 1. The van der Waals surface area contributed by atoms with E-state index in [-0.39, 0.29) is 5.82 Å². The Bertz CT molecular complexity index is 1520. The van der Waals surface area contributed by atoms with Crippen LogP contribution < -0.4 is 10.5 Å². The number of hydrogen-bond acceptors (Lipinski definition) is 13. The van der Waals surface area contributed by atoms with E-state index in [1.807, 2.05) is 0 Å². The van der Waals surface area contributed by atoms with Gasteiger partial charge >= 0.3 is 10.3 Å². The Morgan fingerprint density at radius 2 is 1.84 bits per heavy atom. The number of benzene rings is 1. The Morgan fingerprint density at radius 1 is 1.16 bits per heavy atom. The second kappa shape index (κ2) is 13.0. The van der Waals surface area contributed by atoms with Gasteiger partial charge in [0.1, 0.15) is 47.3 Å². The number of halogens is 1. The van der Waals surface area contributed by atoms with Gasteiger partial charge in [-0.15, -0.1) is 0 Å². The highest BCUT2D eigenvalue weighted by Gasteiger charge is 2.56. The first-order chi connectivity index (χ1) is 20.3. The summed E-state index contributed by atoms with van der Waals surface area (Å²) in [6.07, 6.45) is -0.559. The number of hydrogen-bond donors (Lipinski definition) is 3. The van der Waals surface area contributed by atoms with Crippen LogP contribution in [0.1, 0.15) is 51.2 Å². The number of anilines is 1. The molecule has 0 saturated carbocycles. The van der Waals surface area contributed by atoms with Crippen molar-refractivity contribution in [1.29, 1.82) is 0 Å². The normalized spacial score (nSPS) is 22.8. The van der Waals surface area contributed by atoms with Crippen LogP contribution in [0, 0.1) is 5.82 Å². The number of rotatable bonds is 9. The number of fused-ring (bicyclic) bond motifs is 2. The van der Waals surface area contributed by atoms with Gasteiger partial charge in [0.05, 0.1) is 12.9 Å². The first-order valence-corrected chi connectivity index (χ1v) is 15.1. The largest absolute Gasteiger partial charge is 0.507 e. The molecule has 2 fully saturated rings. The summed E-state index contributed by atoms with van der Waals surface area (Å²) < 4.78 is 64.7. The number of nitrogen functional groups attached to an aromatic ring is 1. The molecule has 4 N–H and O–H groups in total. The molecule has 4 heterocycles. The van der Waals surface area contributed by atoms with Gasteiger partial charge in [0.25, 0.3) is 5.91 Å². The lowest BCUT2D eigenvalue weighted by Gasteiger charge is -2.24. The molecular weight excluding hydrogens is 589 g/mol. The fraction of sp³-hybridized carbons (Fsp3) is 0.538. The number of imidazole rings is 1. The summed E-state index contributed by atoms with van der Waals surface area (Å²) in [5.74, 6) is -4.10. The van der Waals surface area contributed by atoms with Crippen molar-refractivity contribution in [3.05, 3.63) is 42.2 Å². The highest BCUT2D eigenvalue weighted by atomic mass is 32.2. The van der Waals surface area contributed by atoms with E-state index in [1.165, 1.54) is 32.3 Å². The molecule has 2 aliphatic heterocycles. The first kappa shape index (κ1) is 32.4. The number of ether oxygens (including phenoxy) is 3. The predicted octanol–water partition coefficient (Wildman–Crippen LogP) is 1.71. The van der Waals surface area contributed by atoms with Gasteiger partial charge in [0, 0.05) is 0 Å². The monoisotopic (exact) mass is 625 g/mol. The zero-order valence-electron chi connectivity index (χ0n) is 24.4. The summed E-state index contributed by atoms with van der Waals surface area (Å²) in [6, 6.07) is 3.09. The third-order valence-electron chi connectivity index (χ3n) is 6.95. The van der Waals surface area contributed by atoms with Gasteiger partial charge in [-0.05, 0) is 45.6 Å². The number of nitrogens with zero attached hydrogens (tertiary/aromatic N) is 5. The molecule has 1 aromatic carbocycles. The van der Waals surface area contributed by atoms with Crippen molar-refractivity contribution >= 4 is 33.2 Å². The minimum Gasteiger partial charge on any atom is -0.507 e. The maximum Gasteiger partial charge on any atom is 0.362 e. The number of phenols is 1. The molecule has 2 aromatic heterocycles. The van der Waals surface area contributed by atoms with Crippen LogP contribution >= 0.6 is 0 Å².